The third-order valence-electron chi connectivity index (χ3n) is 11.7. The van der Waals surface area contributed by atoms with Crippen LogP contribution in [0, 0.1) is 39.5 Å². The summed E-state index contributed by atoms with van der Waals surface area (Å²) in [4.78, 5) is 25.1. The number of alkyl halides is 2. The number of fused-ring (bicyclic) bond motifs is 5. The molecule has 5 aliphatic rings. The molecule has 1 spiro atoms. The highest BCUT2D eigenvalue weighted by Gasteiger charge is 2.77. The zero-order valence-electron chi connectivity index (χ0n) is 26.8. The Hall–Kier alpha value is -4.74. The van der Waals surface area contributed by atoms with Gasteiger partial charge in [-0.3, -0.25) is 15.0 Å². The van der Waals surface area contributed by atoms with Gasteiger partial charge in [-0.1, -0.05) is 12.0 Å². The van der Waals surface area contributed by atoms with Crippen LogP contribution in [0.5, 0.6) is 11.8 Å². The molecule has 2 N–H and O–H groups in total. The number of hydrogen-bond acceptors (Lipinski definition) is 9. The molecule has 4 aliphatic heterocycles. The maximum atomic E-state index is 17.2. The van der Waals surface area contributed by atoms with Gasteiger partial charge in [0.2, 0.25) is 0 Å². The van der Waals surface area contributed by atoms with Crippen molar-refractivity contribution in [2.75, 3.05) is 37.7 Å². The van der Waals surface area contributed by atoms with Gasteiger partial charge < -0.3 is 20.1 Å². The summed E-state index contributed by atoms with van der Waals surface area (Å²) >= 11 is 0. The monoisotopic (exact) mass is 688 g/mol. The van der Waals surface area contributed by atoms with Crippen LogP contribution in [-0.4, -0.2) is 81.2 Å². The van der Waals surface area contributed by atoms with Gasteiger partial charge in [0.25, 0.3) is 11.6 Å². The zero-order chi connectivity index (χ0) is 34.7. The van der Waals surface area contributed by atoms with Crippen molar-refractivity contribution in [3.8, 4) is 35.2 Å². The molecule has 2 bridgehead atoms. The lowest BCUT2D eigenvalue weighted by molar-refractivity contribution is -0.384. The van der Waals surface area contributed by atoms with Crippen LogP contribution in [0.3, 0.4) is 0 Å². The Bertz CT molecular complexity index is 2180. The van der Waals surface area contributed by atoms with Gasteiger partial charge in [0.15, 0.2) is 5.82 Å². The van der Waals surface area contributed by atoms with Crippen LogP contribution in [0.2, 0.25) is 0 Å². The second kappa shape index (κ2) is 10.6. The van der Waals surface area contributed by atoms with Crippen molar-refractivity contribution in [2.24, 2.45) is 5.41 Å². The number of aromatic nitrogens is 2. The van der Waals surface area contributed by atoms with Crippen LogP contribution in [0.15, 0.2) is 30.3 Å². The quantitative estimate of drug-likeness (QED) is 0.110. The Kier molecular flexibility index (Phi) is 6.65. The summed E-state index contributed by atoms with van der Waals surface area (Å²) in [5.41, 5.74) is -3.55. The fourth-order valence-corrected chi connectivity index (χ4v) is 9.26. The van der Waals surface area contributed by atoms with Gasteiger partial charge >= 0.3 is 6.01 Å². The lowest BCUT2D eigenvalue weighted by Crippen LogP contribution is -2.51. The molecule has 3 aromatic carbocycles. The van der Waals surface area contributed by atoms with Gasteiger partial charge in [0, 0.05) is 55.2 Å². The van der Waals surface area contributed by atoms with E-state index in [2.05, 4.69) is 21.1 Å². The van der Waals surface area contributed by atoms with Crippen molar-refractivity contribution in [2.45, 2.75) is 62.1 Å². The number of rotatable bonds is 6. The third kappa shape index (κ3) is 4.48. The number of piperazine rings is 1. The minimum atomic E-state index is -2.72. The fraction of sp³-hybridized carbons (Fsp3) is 0.444. The molecule has 5 fully saturated rings. The first kappa shape index (κ1) is 31.3. The van der Waals surface area contributed by atoms with Crippen molar-refractivity contribution in [1.82, 2.24) is 20.2 Å². The van der Waals surface area contributed by atoms with Gasteiger partial charge in [-0.05, 0) is 62.2 Å². The summed E-state index contributed by atoms with van der Waals surface area (Å²) in [6, 6.07) is 6.21. The van der Waals surface area contributed by atoms with Crippen LogP contribution in [0.25, 0.3) is 32.8 Å². The molecular formula is C36H32F4N6O4. The number of hydrogen-bond donors (Lipinski definition) is 2. The topological polar surface area (TPSA) is 117 Å². The smallest absolute Gasteiger partial charge is 0.319 e. The SMILES string of the molecule is C#Cc1c(F)ccc2c(-c3c([N+](=O)[O-])cc4c(N5C[C@H]6CC[C@@H](C5)N6)nc(OC[C@]56CCCN5C[C@]5(CC5(F)F)C6)nc4c3F)c(O)ccc12. The molecule has 4 saturated heterocycles. The molecule has 1 aliphatic carbocycles. The first-order chi connectivity index (χ1) is 23.9. The van der Waals surface area contributed by atoms with E-state index >= 15 is 4.39 Å². The molecule has 1 saturated carbocycles. The minimum absolute atomic E-state index is 0.0224. The number of nitro benzene ring substituents is 1. The molecule has 4 aromatic rings. The minimum Gasteiger partial charge on any atom is -0.507 e. The van der Waals surface area contributed by atoms with E-state index in [1.165, 1.54) is 24.3 Å². The molecule has 0 amide bonds. The molecule has 0 unspecified atom stereocenters. The van der Waals surface area contributed by atoms with Crippen molar-refractivity contribution < 1.29 is 32.3 Å². The number of nitrogens with one attached hydrogen (secondary N) is 1. The predicted octanol–water partition coefficient (Wildman–Crippen LogP) is 5.91. The number of terminal acetylenes is 1. The van der Waals surface area contributed by atoms with E-state index in [9.17, 15) is 28.4 Å². The third-order valence-corrected chi connectivity index (χ3v) is 11.7. The van der Waals surface area contributed by atoms with Gasteiger partial charge in [0.05, 0.1) is 26.8 Å². The highest BCUT2D eigenvalue weighted by molar-refractivity contribution is 6.07. The second-order valence-electron chi connectivity index (χ2n) is 14.6. The average Bonchev–Trinajstić information content (AvgIpc) is 3.41. The van der Waals surface area contributed by atoms with E-state index in [1.54, 1.807) is 0 Å². The van der Waals surface area contributed by atoms with Crippen molar-refractivity contribution in [3.63, 3.8) is 0 Å². The van der Waals surface area contributed by atoms with E-state index in [0.29, 0.717) is 26.1 Å². The number of ether oxygens (including phenoxy) is 1. The van der Waals surface area contributed by atoms with E-state index < -0.39 is 50.4 Å². The number of aromatic hydroxyl groups is 1. The van der Waals surface area contributed by atoms with Crippen molar-refractivity contribution in [3.05, 3.63) is 57.6 Å². The Labute approximate surface area is 283 Å². The molecule has 4 atom stereocenters. The first-order valence-corrected chi connectivity index (χ1v) is 16.8. The number of benzene rings is 3. The van der Waals surface area contributed by atoms with Gasteiger partial charge in [-0.25, -0.2) is 17.6 Å². The van der Waals surface area contributed by atoms with Gasteiger partial charge in [-0.2, -0.15) is 9.97 Å². The Morgan fingerprint density at radius 2 is 1.82 bits per heavy atom. The van der Waals surface area contributed by atoms with Crippen LogP contribution in [0.1, 0.15) is 44.1 Å². The van der Waals surface area contributed by atoms with Gasteiger partial charge in [-0.15, -0.1) is 6.42 Å². The number of phenolic OH excluding ortho intramolecular Hbond substituents is 1. The molecule has 1 aromatic heterocycles. The standard InChI is InChI=1S/C36H32F4N6O4/c1-2-21-22-7-9-27(47)28(23(22)6-8-25(21)37)29-26(46(48)49)12-24-31(30(29)38)42-33(43-32(24)44-13-19-4-5-20(14-44)41-19)50-18-35-10-3-11-45(35)17-34(15-35)16-36(34,39)40/h1,6-9,12,19-20,41,47H,3-5,10-11,13-18H2/t19-,20+,34-,35-/m1/s1. The van der Waals surface area contributed by atoms with Crippen LogP contribution in [0.4, 0.5) is 29.1 Å². The number of halogens is 4. The highest BCUT2D eigenvalue weighted by Crippen LogP contribution is 2.69. The maximum absolute atomic E-state index is 17.2. The number of anilines is 1. The number of phenols is 1. The predicted molar refractivity (Wildman–Crippen MR) is 176 cm³/mol. The molecule has 50 heavy (non-hydrogen) atoms. The van der Waals surface area contributed by atoms with Gasteiger partial charge in [0.1, 0.15) is 35.1 Å². The molecule has 10 nitrogen and oxygen atoms in total. The van der Waals surface area contributed by atoms with Crippen LogP contribution < -0.4 is 15.0 Å². The molecule has 0 radical (unpaired) electrons. The summed E-state index contributed by atoms with van der Waals surface area (Å²) in [7, 11) is 0. The van der Waals surface area contributed by atoms with E-state index in [4.69, 9.17) is 16.1 Å². The lowest BCUT2D eigenvalue weighted by Gasteiger charge is -2.34. The average molecular weight is 689 g/mol. The zero-order valence-corrected chi connectivity index (χ0v) is 26.8. The van der Waals surface area contributed by atoms with E-state index in [0.717, 1.165) is 25.3 Å². The normalized spacial score (nSPS) is 28.0. The second-order valence-corrected chi connectivity index (χ2v) is 14.6. The van der Waals surface area contributed by atoms with Crippen LogP contribution >= 0.6 is 0 Å². The Morgan fingerprint density at radius 1 is 1.08 bits per heavy atom. The highest BCUT2D eigenvalue weighted by atomic mass is 19.3. The Morgan fingerprint density at radius 3 is 2.52 bits per heavy atom. The van der Waals surface area contributed by atoms with E-state index in [-0.39, 0.29) is 82.7 Å². The van der Waals surface area contributed by atoms with Crippen LogP contribution in [-0.2, 0) is 0 Å². The summed E-state index contributed by atoms with van der Waals surface area (Å²) in [6.07, 6.45) is 9.06. The number of nitrogens with zero attached hydrogens (tertiary/aromatic N) is 5. The van der Waals surface area contributed by atoms with E-state index in [1.807, 2.05) is 4.90 Å². The maximum Gasteiger partial charge on any atom is 0.319 e. The lowest BCUT2D eigenvalue weighted by atomic mass is 9.89. The Balaban J connectivity index is 1.22. The molecule has 9 rings (SSSR count). The number of nitro groups is 1. The fourth-order valence-electron chi connectivity index (χ4n) is 9.26. The van der Waals surface area contributed by atoms with Crippen molar-refractivity contribution in [1.29, 1.82) is 0 Å². The summed E-state index contributed by atoms with van der Waals surface area (Å²) in [6.45, 7) is 2.01. The molecule has 5 heterocycles. The first-order valence-electron chi connectivity index (χ1n) is 16.8. The van der Waals surface area contributed by atoms with Crippen molar-refractivity contribution >= 4 is 33.2 Å². The molecule has 258 valence electrons. The molecule has 14 heteroatoms. The summed E-state index contributed by atoms with van der Waals surface area (Å²) < 4.78 is 67.1. The largest absolute Gasteiger partial charge is 0.507 e. The molecular weight excluding hydrogens is 656 g/mol. The summed E-state index contributed by atoms with van der Waals surface area (Å²) in [5, 5.41) is 27.6. The summed E-state index contributed by atoms with van der Waals surface area (Å²) in [5.74, 6) is -2.49.